The molecule has 2 heterocycles. The van der Waals surface area contributed by atoms with Crippen LogP contribution in [0, 0.1) is 25.7 Å². The number of nitrogens with one attached hydrogen (secondary N) is 3. The number of hydrogen-bond acceptors (Lipinski definition) is 4. The number of aromatic amines is 1. The van der Waals surface area contributed by atoms with Crippen LogP contribution < -0.4 is 10.6 Å². The summed E-state index contributed by atoms with van der Waals surface area (Å²) in [4.78, 5) is 26.2. The highest BCUT2D eigenvalue weighted by molar-refractivity contribution is 6.00. The molecule has 0 radical (unpaired) electrons. The largest absolute Gasteiger partial charge is 0.339 e. The topological polar surface area (TPSA) is 105 Å². The minimum Gasteiger partial charge on any atom is -0.339 e. The molecule has 3 N–H and O–H groups in total. The second-order valence-corrected chi connectivity index (χ2v) is 9.19. The van der Waals surface area contributed by atoms with E-state index in [2.05, 4.69) is 32.9 Å². The van der Waals surface area contributed by atoms with Crippen molar-refractivity contribution in [1.29, 1.82) is 0 Å². The third-order valence-corrected chi connectivity index (χ3v) is 6.72. The lowest BCUT2D eigenvalue weighted by Crippen LogP contribution is -2.49. The summed E-state index contributed by atoms with van der Waals surface area (Å²) in [6.07, 6.45) is 5.55. The molecule has 0 saturated heterocycles. The van der Waals surface area contributed by atoms with Crippen LogP contribution in [0.2, 0.25) is 0 Å². The summed E-state index contributed by atoms with van der Waals surface area (Å²) in [6, 6.07) is 8.80. The molecule has 2 amide bonds. The van der Waals surface area contributed by atoms with Gasteiger partial charge in [-0.3, -0.25) is 19.4 Å². The van der Waals surface area contributed by atoms with Crippen LogP contribution in [0.4, 0.5) is 5.69 Å². The van der Waals surface area contributed by atoms with Crippen LogP contribution in [0.3, 0.4) is 0 Å². The van der Waals surface area contributed by atoms with Gasteiger partial charge in [0.25, 0.3) is 5.91 Å². The first kappa shape index (κ1) is 22.8. The number of benzene rings is 1. The number of H-pyrrole nitrogens is 1. The van der Waals surface area contributed by atoms with Gasteiger partial charge in [-0.2, -0.15) is 10.2 Å². The highest BCUT2D eigenvalue weighted by Gasteiger charge is 2.33. The van der Waals surface area contributed by atoms with Crippen molar-refractivity contribution in [3.63, 3.8) is 0 Å². The highest BCUT2D eigenvalue weighted by atomic mass is 16.2. The summed E-state index contributed by atoms with van der Waals surface area (Å²) in [7, 11) is 1.72. The van der Waals surface area contributed by atoms with Crippen LogP contribution >= 0.6 is 0 Å². The lowest BCUT2D eigenvalue weighted by Gasteiger charge is -2.32. The third-order valence-electron chi connectivity index (χ3n) is 6.72. The molecule has 3 aromatic rings. The summed E-state index contributed by atoms with van der Waals surface area (Å²) >= 11 is 0. The highest BCUT2D eigenvalue weighted by Crippen LogP contribution is 2.31. The van der Waals surface area contributed by atoms with Crippen molar-refractivity contribution in [3.8, 4) is 11.1 Å². The fourth-order valence-corrected chi connectivity index (χ4v) is 4.74. The Bertz CT molecular complexity index is 1100. The van der Waals surface area contributed by atoms with Crippen molar-refractivity contribution in [3.05, 3.63) is 53.6 Å². The molecule has 8 heteroatoms. The average molecular weight is 449 g/mol. The number of aromatic nitrogens is 4. The molecule has 0 aliphatic heterocycles. The first-order chi connectivity index (χ1) is 15.8. The summed E-state index contributed by atoms with van der Waals surface area (Å²) in [5, 5.41) is 17.3. The zero-order valence-corrected chi connectivity index (χ0v) is 19.7. The Hall–Kier alpha value is -3.42. The van der Waals surface area contributed by atoms with Crippen LogP contribution in [-0.2, 0) is 11.8 Å². The standard InChI is InChI=1S/C25H32N6O2/c1-15-5-7-19(8-6-15)23(28-24(32)21-13-14-26-31(21)4)25(33)27-20-11-9-18(10-12-20)22-16(2)29-30-17(22)3/h9-15,19,23H,5-8H2,1-4H3,(H,27,33)(H,28,32)(H,29,30)/t15?,19?,23-/m0/s1. The average Bonchev–Trinajstić information content (AvgIpc) is 3.38. The van der Waals surface area contributed by atoms with E-state index in [1.165, 1.54) is 4.68 Å². The number of nitrogens with zero attached hydrogens (tertiary/aromatic N) is 3. The van der Waals surface area contributed by atoms with Gasteiger partial charge in [0.15, 0.2) is 0 Å². The van der Waals surface area contributed by atoms with Crippen LogP contribution in [-0.4, -0.2) is 37.8 Å². The number of hydrogen-bond donors (Lipinski definition) is 3. The Balaban J connectivity index is 1.51. The van der Waals surface area contributed by atoms with Gasteiger partial charge in [0, 0.05) is 30.2 Å². The van der Waals surface area contributed by atoms with E-state index in [-0.39, 0.29) is 17.7 Å². The SMILES string of the molecule is Cc1n[nH]c(C)c1-c1ccc(NC(=O)[C@@H](NC(=O)c2ccnn2C)C2CCC(C)CC2)cc1. The molecule has 1 atom stereocenters. The molecule has 0 bridgehead atoms. The van der Waals surface area contributed by atoms with Crippen LogP contribution in [0.1, 0.15) is 54.5 Å². The Morgan fingerprint density at radius 2 is 1.79 bits per heavy atom. The van der Waals surface area contributed by atoms with Gasteiger partial charge in [0.1, 0.15) is 11.7 Å². The molecule has 0 spiro atoms. The maximum Gasteiger partial charge on any atom is 0.270 e. The minimum absolute atomic E-state index is 0.105. The number of amides is 2. The zero-order chi connectivity index (χ0) is 23.5. The second-order valence-electron chi connectivity index (χ2n) is 9.19. The first-order valence-corrected chi connectivity index (χ1v) is 11.5. The normalized spacial score (nSPS) is 19.2. The van der Waals surface area contributed by atoms with Gasteiger partial charge < -0.3 is 10.6 Å². The van der Waals surface area contributed by atoms with E-state index < -0.39 is 6.04 Å². The van der Waals surface area contributed by atoms with E-state index in [1.54, 1.807) is 19.3 Å². The molecule has 174 valence electrons. The molecule has 8 nitrogen and oxygen atoms in total. The fourth-order valence-electron chi connectivity index (χ4n) is 4.74. The molecule has 1 saturated carbocycles. The van der Waals surface area contributed by atoms with Crippen LogP contribution in [0.5, 0.6) is 0 Å². The monoisotopic (exact) mass is 448 g/mol. The third kappa shape index (κ3) is 4.99. The van der Waals surface area contributed by atoms with Crippen LogP contribution in [0.15, 0.2) is 36.5 Å². The van der Waals surface area contributed by atoms with Crippen molar-refractivity contribution in [2.45, 2.75) is 52.5 Å². The number of anilines is 1. The Morgan fingerprint density at radius 3 is 2.36 bits per heavy atom. The maximum atomic E-state index is 13.3. The number of carbonyl (C=O) groups is 2. The molecule has 1 aliphatic rings. The van der Waals surface area contributed by atoms with Gasteiger partial charge in [-0.25, -0.2) is 0 Å². The summed E-state index contributed by atoms with van der Waals surface area (Å²) in [5.41, 5.74) is 5.20. The van der Waals surface area contributed by atoms with Crippen molar-refractivity contribution < 1.29 is 9.59 Å². The summed E-state index contributed by atoms with van der Waals surface area (Å²) in [5.74, 6) is 0.289. The van der Waals surface area contributed by atoms with E-state index in [9.17, 15) is 9.59 Å². The molecule has 1 fully saturated rings. The predicted octanol–water partition coefficient (Wildman–Crippen LogP) is 3.99. The summed E-state index contributed by atoms with van der Waals surface area (Å²) in [6.45, 7) is 6.20. The summed E-state index contributed by atoms with van der Waals surface area (Å²) < 4.78 is 1.52. The second kappa shape index (κ2) is 9.60. The fraction of sp³-hybridized carbons (Fsp3) is 0.440. The quantitative estimate of drug-likeness (QED) is 0.530. The molecule has 1 aliphatic carbocycles. The van der Waals surface area contributed by atoms with Crippen LogP contribution in [0.25, 0.3) is 11.1 Å². The van der Waals surface area contributed by atoms with E-state index in [0.717, 1.165) is 48.2 Å². The Kier molecular flexibility index (Phi) is 6.62. The van der Waals surface area contributed by atoms with Crippen molar-refractivity contribution in [1.82, 2.24) is 25.3 Å². The smallest absolute Gasteiger partial charge is 0.270 e. The molecule has 2 aromatic heterocycles. The molecular weight excluding hydrogens is 416 g/mol. The Labute approximate surface area is 194 Å². The first-order valence-electron chi connectivity index (χ1n) is 11.5. The van der Waals surface area contributed by atoms with E-state index >= 15 is 0 Å². The molecule has 0 unspecified atom stereocenters. The minimum atomic E-state index is -0.599. The predicted molar refractivity (Wildman–Crippen MR) is 128 cm³/mol. The molecular formula is C25H32N6O2. The van der Waals surface area contributed by atoms with Gasteiger partial charge in [0.2, 0.25) is 5.91 Å². The lowest BCUT2D eigenvalue weighted by atomic mass is 9.79. The van der Waals surface area contributed by atoms with Gasteiger partial charge in [-0.1, -0.05) is 31.9 Å². The van der Waals surface area contributed by atoms with E-state index in [4.69, 9.17) is 0 Å². The van der Waals surface area contributed by atoms with Crippen molar-refractivity contribution >= 4 is 17.5 Å². The van der Waals surface area contributed by atoms with Gasteiger partial charge >= 0.3 is 0 Å². The van der Waals surface area contributed by atoms with Gasteiger partial charge in [-0.15, -0.1) is 0 Å². The lowest BCUT2D eigenvalue weighted by molar-refractivity contribution is -0.119. The molecule has 4 rings (SSSR count). The van der Waals surface area contributed by atoms with E-state index in [1.807, 2.05) is 38.1 Å². The molecule has 1 aromatic carbocycles. The van der Waals surface area contributed by atoms with Gasteiger partial charge in [0.05, 0.1) is 5.69 Å². The number of aryl methyl sites for hydroxylation is 3. The number of rotatable bonds is 6. The van der Waals surface area contributed by atoms with E-state index in [0.29, 0.717) is 17.3 Å². The van der Waals surface area contributed by atoms with Crippen molar-refractivity contribution in [2.24, 2.45) is 18.9 Å². The van der Waals surface area contributed by atoms with Crippen molar-refractivity contribution in [2.75, 3.05) is 5.32 Å². The maximum absolute atomic E-state index is 13.3. The Morgan fingerprint density at radius 1 is 1.09 bits per heavy atom. The zero-order valence-electron chi connectivity index (χ0n) is 19.7. The van der Waals surface area contributed by atoms with Gasteiger partial charge in [-0.05, 0) is 62.3 Å². The number of carbonyl (C=O) groups excluding carboxylic acids is 2. The molecule has 33 heavy (non-hydrogen) atoms.